The summed E-state index contributed by atoms with van der Waals surface area (Å²) in [6, 6.07) is 4.36. The zero-order valence-corrected chi connectivity index (χ0v) is 13.2. The molecule has 0 spiro atoms. The highest BCUT2D eigenvalue weighted by Gasteiger charge is 2.17. The monoisotopic (exact) mass is 349 g/mol. The molecule has 0 aliphatic heterocycles. The molecule has 2 aromatic heterocycles. The highest BCUT2D eigenvalue weighted by atomic mass is 19.3. The smallest absolute Gasteiger partial charge is 0.387 e. The molecule has 9 heteroatoms. The Hall–Kier alpha value is -3.23. The fraction of sp³-hybridized carbons (Fsp3) is 0.188. The van der Waals surface area contributed by atoms with Crippen LogP contribution in [-0.2, 0) is 0 Å². The van der Waals surface area contributed by atoms with Crippen LogP contribution in [0, 0.1) is 13.8 Å². The second kappa shape index (κ2) is 6.34. The Morgan fingerprint density at radius 2 is 2.12 bits per heavy atom. The van der Waals surface area contributed by atoms with Crippen LogP contribution in [0.4, 0.5) is 8.78 Å². The van der Waals surface area contributed by atoms with Gasteiger partial charge >= 0.3 is 12.6 Å². The summed E-state index contributed by atoms with van der Waals surface area (Å²) in [6.07, 6.45) is 2.67. The number of carboxylic acids is 1. The van der Waals surface area contributed by atoms with Crippen LogP contribution in [0.2, 0.25) is 0 Å². The third kappa shape index (κ3) is 3.35. The Bertz CT molecular complexity index is 933. The van der Waals surface area contributed by atoms with E-state index in [0.29, 0.717) is 23.0 Å². The molecule has 3 aromatic rings. The number of carbonyl (C=O) groups is 1. The normalized spacial score (nSPS) is 11.1. The lowest BCUT2D eigenvalue weighted by atomic mass is 10.1. The van der Waals surface area contributed by atoms with Crippen LogP contribution >= 0.6 is 0 Å². The predicted octanol–water partition coefficient (Wildman–Crippen LogP) is 3.44. The maximum atomic E-state index is 12.6. The number of hydrogen-bond acceptors (Lipinski definition) is 5. The van der Waals surface area contributed by atoms with Gasteiger partial charge in [-0.05, 0) is 25.1 Å². The molecule has 2 heterocycles. The second-order valence-electron chi connectivity index (χ2n) is 5.19. The second-order valence-corrected chi connectivity index (χ2v) is 5.19. The number of rotatable bonds is 5. The van der Waals surface area contributed by atoms with E-state index in [4.69, 9.17) is 9.52 Å². The summed E-state index contributed by atoms with van der Waals surface area (Å²) in [4.78, 5) is 15.3. The standard InChI is InChI=1S/C16H13F2N3O4/c1-8-12(15(22)23)6-21(20-8)10-3-4-14(25-16(17)18)11(5-10)13-7-24-9(2)19-13/h3-7,16H,1-2H3,(H,22,23). The SMILES string of the molecule is Cc1nc(-c2cc(-n3cc(C(=O)O)c(C)n3)ccc2OC(F)F)co1. The lowest BCUT2D eigenvalue weighted by Gasteiger charge is -2.11. The van der Waals surface area contributed by atoms with Crippen LogP contribution in [0.25, 0.3) is 16.9 Å². The molecule has 0 bridgehead atoms. The van der Waals surface area contributed by atoms with E-state index in [-0.39, 0.29) is 16.9 Å². The number of alkyl halides is 2. The van der Waals surface area contributed by atoms with Crippen molar-refractivity contribution in [3.8, 4) is 22.7 Å². The molecule has 0 aliphatic rings. The molecule has 3 rings (SSSR count). The molecule has 1 aromatic carbocycles. The minimum Gasteiger partial charge on any atom is -0.478 e. The van der Waals surface area contributed by atoms with Crippen LogP contribution in [0.15, 0.2) is 35.1 Å². The lowest BCUT2D eigenvalue weighted by Crippen LogP contribution is -2.04. The number of aromatic nitrogens is 3. The largest absolute Gasteiger partial charge is 0.478 e. The molecule has 0 aliphatic carbocycles. The first kappa shape index (κ1) is 16.6. The average molecular weight is 349 g/mol. The van der Waals surface area contributed by atoms with Gasteiger partial charge in [-0.2, -0.15) is 13.9 Å². The van der Waals surface area contributed by atoms with Gasteiger partial charge in [-0.1, -0.05) is 0 Å². The zero-order valence-electron chi connectivity index (χ0n) is 13.2. The highest BCUT2D eigenvalue weighted by Crippen LogP contribution is 2.32. The summed E-state index contributed by atoms with van der Waals surface area (Å²) in [6.45, 7) is 0.191. The molecule has 0 fully saturated rings. The number of hydrogen-bond donors (Lipinski definition) is 1. The van der Waals surface area contributed by atoms with Gasteiger partial charge in [-0.15, -0.1) is 0 Å². The maximum Gasteiger partial charge on any atom is 0.387 e. The summed E-state index contributed by atoms with van der Waals surface area (Å²) >= 11 is 0. The van der Waals surface area contributed by atoms with Crippen molar-refractivity contribution in [3.63, 3.8) is 0 Å². The van der Waals surface area contributed by atoms with Gasteiger partial charge in [0, 0.05) is 18.7 Å². The van der Waals surface area contributed by atoms with E-state index in [1.54, 1.807) is 13.8 Å². The van der Waals surface area contributed by atoms with Crippen molar-refractivity contribution in [2.75, 3.05) is 0 Å². The predicted molar refractivity (Wildman–Crippen MR) is 82.1 cm³/mol. The molecule has 0 saturated carbocycles. The number of halogens is 2. The van der Waals surface area contributed by atoms with E-state index in [0.717, 1.165) is 0 Å². The van der Waals surface area contributed by atoms with Crippen molar-refractivity contribution >= 4 is 5.97 Å². The lowest BCUT2D eigenvalue weighted by molar-refractivity contribution is -0.0494. The van der Waals surface area contributed by atoms with Crippen molar-refractivity contribution in [3.05, 3.63) is 47.8 Å². The molecular formula is C16H13F2N3O4. The maximum absolute atomic E-state index is 12.6. The van der Waals surface area contributed by atoms with Gasteiger partial charge in [0.2, 0.25) is 0 Å². The quantitative estimate of drug-likeness (QED) is 0.759. The van der Waals surface area contributed by atoms with Crippen LogP contribution in [0.1, 0.15) is 21.9 Å². The zero-order chi connectivity index (χ0) is 18.1. The molecule has 0 radical (unpaired) electrons. The van der Waals surface area contributed by atoms with Crippen molar-refractivity contribution in [2.45, 2.75) is 20.5 Å². The van der Waals surface area contributed by atoms with Gasteiger partial charge in [-0.25, -0.2) is 14.5 Å². The Labute approximate surface area is 140 Å². The molecule has 130 valence electrons. The molecule has 0 saturated heterocycles. The third-order valence-electron chi connectivity index (χ3n) is 3.47. The number of oxazole rings is 1. The van der Waals surface area contributed by atoms with Gasteiger partial charge < -0.3 is 14.3 Å². The van der Waals surface area contributed by atoms with E-state index in [9.17, 15) is 13.6 Å². The third-order valence-corrected chi connectivity index (χ3v) is 3.47. The van der Waals surface area contributed by atoms with Gasteiger partial charge in [0.15, 0.2) is 5.89 Å². The summed E-state index contributed by atoms with van der Waals surface area (Å²) in [7, 11) is 0. The fourth-order valence-corrected chi connectivity index (χ4v) is 2.35. The van der Waals surface area contributed by atoms with Gasteiger partial charge in [-0.3, -0.25) is 0 Å². The molecule has 7 nitrogen and oxygen atoms in total. The highest BCUT2D eigenvalue weighted by molar-refractivity contribution is 5.88. The summed E-state index contributed by atoms with van der Waals surface area (Å²) in [5, 5.41) is 13.3. The van der Waals surface area contributed by atoms with Crippen molar-refractivity contribution < 1.29 is 27.8 Å². The topological polar surface area (TPSA) is 90.4 Å². The number of carboxylic acid groups (broad SMARTS) is 1. The Morgan fingerprint density at radius 1 is 1.36 bits per heavy atom. The minimum atomic E-state index is -3.00. The van der Waals surface area contributed by atoms with E-state index < -0.39 is 12.6 Å². The van der Waals surface area contributed by atoms with Gasteiger partial charge in [0.25, 0.3) is 0 Å². The minimum absolute atomic E-state index is 0.0479. The van der Waals surface area contributed by atoms with Crippen LogP contribution in [0.3, 0.4) is 0 Å². The molecule has 25 heavy (non-hydrogen) atoms. The molecule has 1 N–H and O–H groups in total. The number of nitrogens with zero attached hydrogens (tertiary/aromatic N) is 3. The van der Waals surface area contributed by atoms with Crippen LogP contribution < -0.4 is 4.74 Å². The van der Waals surface area contributed by atoms with Crippen LogP contribution in [0.5, 0.6) is 5.75 Å². The molecule has 0 atom stereocenters. The van der Waals surface area contributed by atoms with Gasteiger partial charge in [0.05, 0.1) is 11.4 Å². The number of aromatic carboxylic acids is 1. The summed E-state index contributed by atoms with van der Waals surface area (Å²) in [5.74, 6) is -0.811. The Balaban J connectivity index is 2.10. The molecular weight excluding hydrogens is 336 g/mol. The first-order chi connectivity index (χ1) is 11.8. The summed E-state index contributed by atoms with van der Waals surface area (Å²) in [5.41, 5.74) is 1.44. The fourth-order valence-electron chi connectivity index (χ4n) is 2.35. The van der Waals surface area contributed by atoms with E-state index in [1.165, 1.54) is 35.3 Å². The number of aryl methyl sites for hydroxylation is 2. The number of ether oxygens (including phenoxy) is 1. The Kier molecular flexibility index (Phi) is 4.22. The van der Waals surface area contributed by atoms with E-state index in [2.05, 4.69) is 14.8 Å². The Morgan fingerprint density at radius 3 is 2.68 bits per heavy atom. The number of benzene rings is 1. The van der Waals surface area contributed by atoms with Crippen LogP contribution in [-0.4, -0.2) is 32.5 Å². The molecule has 0 amide bonds. The van der Waals surface area contributed by atoms with Crippen molar-refractivity contribution in [1.82, 2.24) is 14.8 Å². The average Bonchev–Trinajstić information content (AvgIpc) is 3.13. The summed E-state index contributed by atoms with van der Waals surface area (Å²) < 4.78 is 36.3. The first-order valence-electron chi connectivity index (χ1n) is 7.16. The van der Waals surface area contributed by atoms with Crippen molar-refractivity contribution in [1.29, 1.82) is 0 Å². The first-order valence-corrected chi connectivity index (χ1v) is 7.16. The molecule has 0 unspecified atom stereocenters. The van der Waals surface area contributed by atoms with E-state index in [1.807, 2.05) is 0 Å². The van der Waals surface area contributed by atoms with Crippen molar-refractivity contribution in [2.24, 2.45) is 0 Å². The van der Waals surface area contributed by atoms with E-state index >= 15 is 0 Å². The van der Waals surface area contributed by atoms with Gasteiger partial charge in [0.1, 0.15) is 23.3 Å².